The lowest BCUT2D eigenvalue weighted by Gasteiger charge is -2.36. The van der Waals surface area contributed by atoms with Crippen molar-refractivity contribution in [1.82, 2.24) is 5.32 Å². The van der Waals surface area contributed by atoms with Crippen LogP contribution in [0.5, 0.6) is 5.75 Å². The number of nitriles is 2. The molecule has 318 valence electrons. The monoisotopic (exact) mass is 825 g/mol. The van der Waals surface area contributed by atoms with Crippen LogP contribution in [-0.4, -0.2) is 56.8 Å². The first kappa shape index (κ1) is 54.9. The molecule has 0 aromatic heterocycles. The van der Waals surface area contributed by atoms with E-state index in [0.717, 1.165) is 88.9 Å². The molecule has 3 saturated carbocycles. The average molecular weight is 827 g/mol. The van der Waals surface area contributed by atoms with Crippen molar-refractivity contribution in [3.05, 3.63) is 63.4 Å². The zero-order chi connectivity index (χ0) is 40.0. The SMILES string of the molecule is C.C.C.CC1(O)CCC(N)CC1.CC1(O)CCC(NC(=O)OC(C)(C)C)CC1.CC1(Oc2ccc(C#N)c(Cl)c2)CCC(N)CC1.N#Cc1ccc(F)cc1Cl. The van der Waals surface area contributed by atoms with E-state index in [1.54, 1.807) is 18.2 Å². The second-order valence-electron chi connectivity index (χ2n) is 16.1. The van der Waals surface area contributed by atoms with Crippen LogP contribution in [0.15, 0.2) is 36.4 Å². The Morgan fingerprint density at radius 2 is 1.20 bits per heavy atom. The number of nitrogens with zero attached hydrogens (tertiary/aromatic N) is 2. The molecular formula is C43H70Cl2FN5O5. The minimum absolute atomic E-state index is 0. The zero-order valence-corrected chi connectivity index (χ0v) is 33.5. The summed E-state index contributed by atoms with van der Waals surface area (Å²) in [4.78, 5) is 11.5. The molecule has 0 atom stereocenters. The normalized spacial score (nSPS) is 26.5. The van der Waals surface area contributed by atoms with E-state index in [-0.39, 0.29) is 45.0 Å². The molecule has 1 amide bonds. The molecule has 7 N–H and O–H groups in total. The van der Waals surface area contributed by atoms with Gasteiger partial charge in [-0.1, -0.05) is 45.5 Å². The average Bonchev–Trinajstić information content (AvgIpc) is 3.05. The van der Waals surface area contributed by atoms with Crippen molar-refractivity contribution in [3.8, 4) is 17.9 Å². The number of benzene rings is 2. The maximum Gasteiger partial charge on any atom is 0.407 e. The van der Waals surface area contributed by atoms with Crippen molar-refractivity contribution in [2.24, 2.45) is 11.5 Å². The largest absolute Gasteiger partial charge is 0.488 e. The van der Waals surface area contributed by atoms with Gasteiger partial charge < -0.3 is 36.5 Å². The van der Waals surface area contributed by atoms with E-state index in [0.29, 0.717) is 28.2 Å². The van der Waals surface area contributed by atoms with Gasteiger partial charge in [0, 0.05) is 24.2 Å². The molecule has 3 aliphatic rings. The highest BCUT2D eigenvalue weighted by Crippen LogP contribution is 2.34. The van der Waals surface area contributed by atoms with Gasteiger partial charge in [-0.2, -0.15) is 10.5 Å². The Bertz CT molecular complexity index is 1540. The summed E-state index contributed by atoms with van der Waals surface area (Å²) in [7, 11) is 0. The van der Waals surface area contributed by atoms with Crippen molar-refractivity contribution in [2.75, 3.05) is 0 Å². The van der Waals surface area contributed by atoms with Gasteiger partial charge in [0.05, 0.1) is 32.4 Å². The lowest BCUT2D eigenvalue weighted by Crippen LogP contribution is -2.44. The van der Waals surface area contributed by atoms with E-state index in [9.17, 15) is 19.4 Å². The molecule has 0 bridgehead atoms. The number of alkyl carbamates (subject to hydrolysis) is 1. The molecule has 0 aliphatic heterocycles. The minimum Gasteiger partial charge on any atom is -0.488 e. The molecule has 13 heteroatoms. The number of nitrogens with one attached hydrogen (secondary N) is 1. The predicted octanol–water partition coefficient (Wildman–Crippen LogP) is 10.4. The van der Waals surface area contributed by atoms with Gasteiger partial charge in [-0.05, 0) is 149 Å². The molecule has 3 aliphatic carbocycles. The zero-order valence-electron chi connectivity index (χ0n) is 32.0. The van der Waals surface area contributed by atoms with Crippen LogP contribution in [0.1, 0.15) is 152 Å². The number of carbonyl (C=O) groups excluding carboxylic acids is 1. The van der Waals surface area contributed by atoms with Gasteiger partial charge in [0.15, 0.2) is 0 Å². The lowest BCUT2D eigenvalue weighted by molar-refractivity contribution is 0.00938. The van der Waals surface area contributed by atoms with Crippen LogP contribution in [0, 0.1) is 28.5 Å². The molecule has 0 unspecified atom stereocenters. The first-order valence-electron chi connectivity index (χ1n) is 18.2. The molecule has 3 fully saturated rings. The van der Waals surface area contributed by atoms with E-state index >= 15 is 0 Å². The molecular weight excluding hydrogens is 756 g/mol. The second-order valence-corrected chi connectivity index (χ2v) is 16.9. The number of aliphatic hydroxyl groups is 2. The number of hydrogen-bond acceptors (Lipinski definition) is 9. The van der Waals surface area contributed by atoms with Crippen molar-refractivity contribution in [3.63, 3.8) is 0 Å². The smallest absolute Gasteiger partial charge is 0.407 e. The molecule has 0 radical (unpaired) electrons. The molecule has 2 aromatic carbocycles. The molecule has 56 heavy (non-hydrogen) atoms. The third kappa shape index (κ3) is 21.4. The van der Waals surface area contributed by atoms with Gasteiger partial charge in [-0.3, -0.25) is 0 Å². The Kier molecular flexibility index (Phi) is 24.1. The molecule has 0 saturated heterocycles. The quantitative estimate of drug-likeness (QED) is 0.201. The van der Waals surface area contributed by atoms with Crippen LogP contribution in [0.2, 0.25) is 10.0 Å². The van der Waals surface area contributed by atoms with Gasteiger partial charge >= 0.3 is 6.09 Å². The molecule has 0 spiro atoms. The number of ether oxygens (including phenoxy) is 2. The summed E-state index contributed by atoms with van der Waals surface area (Å²) in [5, 5.41) is 39.8. The van der Waals surface area contributed by atoms with Crippen LogP contribution in [-0.2, 0) is 4.74 Å². The third-order valence-corrected chi connectivity index (χ3v) is 10.1. The van der Waals surface area contributed by atoms with Gasteiger partial charge in [-0.25, -0.2) is 9.18 Å². The number of nitrogens with two attached hydrogens (primary N) is 2. The summed E-state index contributed by atoms with van der Waals surface area (Å²) in [6, 6.07) is 13.5. The Labute approximate surface area is 347 Å². The number of amides is 1. The lowest BCUT2D eigenvalue weighted by atomic mass is 9.84. The Morgan fingerprint density at radius 1 is 0.786 bits per heavy atom. The van der Waals surface area contributed by atoms with Crippen LogP contribution >= 0.6 is 23.2 Å². The fourth-order valence-corrected chi connectivity index (χ4v) is 6.41. The van der Waals surface area contributed by atoms with Crippen LogP contribution in [0.4, 0.5) is 9.18 Å². The maximum absolute atomic E-state index is 12.3. The van der Waals surface area contributed by atoms with Crippen molar-refractivity contribution in [2.45, 2.75) is 181 Å². The summed E-state index contributed by atoms with van der Waals surface area (Å²) in [5.74, 6) is 0.293. The third-order valence-electron chi connectivity index (χ3n) is 9.46. The van der Waals surface area contributed by atoms with Crippen molar-refractivity contribution < 1.29 is 28.9 Å². The van der Waals surface area contributed by atoms with E-state index in [1.807, 2.05) is 46.8 Å². The van der Waals surface area contributed by atoms with E-state index < -0.39 is 22.6 Å². The number of halogens is 3. The van der Waals surface area contributed by atoms with Crippen LogP contribution in [0.3, 0.4) is 0 Å². The minimum atomic E-state index is -0.563. The molecule has 5 rings (SSSR count). The van der Waals surface area contributed by atoms with Crippen LogP contribution < -0.4 is 21.5 Å². The number of hydrogen-bond donors (Lipinski definition) is 5. The maximum atomic E-state index is 12.3. The van der Waals surface area contributed by atoms with Gasteiger partial charge in [0.25, 0.3) is 0 Å². The van der Waals surface area contributed by atoms with E-state index in [2.05, 4.69) is 12.2 Å². The summed E-state index contributed by atoms with van der Waals surface area (Å²) in [6.45, 7) is 11.4. The van der Waals surface area contributed by atoms with Gasteiger partial charge in [0.1, 0.15) is 34.9 Å². The van der Waals surface area contributed by atoms with Crippen LogP contribution in [0.25, 0.3) is 0 Å². The van der Waals surface area contributed by atoms with Crippen molar-refractivity contribution in [1.29, 1.82) is 10.5 Å². The highest BCUT2D eigenvalue weighted by Gasteiger charge is 2.32. The molecule has 10 nitrogen and oxygen atoms in total. The Hall–Kier alpha value is -3.16. The summed E-state index contributed by atoms with van der Waals surface area (Å²) in [6.07, 6.45) is 10.3. The van der Waals surface area contributed by atoms with Crippen molar-refractivity contribution >= 4 is 29.3 Å². The first-order chi connectivity index (χ1) is 24.5. The second kappa shape index (κ2) is 24.6. The number of rotatable bonds is 3. The molecule has 0 heterocycles. The number of carbonyl (C=O) groups is 1. The topological polar surface area (TPSA) is 188 Å². The van der Waals surface area contributed by atoms with E-state index in [1.165, 1.54) is 12.1 Å². The molecule has 2 aromatic rings. The first-order valence-corrected chi connectivity index (χ1v) is 19.0. The summed E-state index contributed by atoms with van der Waals surface area (Å²) >= 11 is 11.5. The van der Waals surface area contributed by atoms with Gasteiger partial charge in [-0.15, -0.1) is 0 Å². The standard InChI is InChI=1S/C14H17ClN2O.C12H23NO3.C7H3ClFN.C7H15NO.3CH4/c1-14(6-4-11(17)5-7-14)18-12-3-2-10(9-16)13(15)8-12;1-11(2,3)16-10(14)13-9-5-7-12(4,15)8-6-9;8-7-3-6(9)2-1-5(7)4-10;1-7(9)4-2-6(8)3-5-7;;;/h2-3,8,11H,4-7,17H2,1H3;9,15H,5-8H2,1-4H3,(H,13,14);1-3H;6,9H,2-5,8H2,1H3;3*1H4. The predicted molar refractivity (Wildman–Crippen MR) is 227 cm³/mol. The fourth-order valence-electron chi connectivity index (χ4n) is 5.99. The highest BCUT2D eigenvalue weighted by atomic mass is 35.5. The Balaban J connectivity index is 0. The van der Waals surface area contributed by atoms with Gasteiger partial charge in [0.2, 0.25) is 0 Å². The van der Waals surface area contributed by atoms with E-state index in [4.69, 9.17) is 54.7 Å². The fraction of sp³-hybridized carbons (Fsp3) is 0.651. The Morgan fingerprint density at radius 3 is 1.59 bits per heavy atom. The highest BCUT2D eigenvalue weighted by molar-refractivity contribution is 6.32. The summed E-state index contributed by atoms with van der Waals surface area (Å²) < 4.78 is 23.5. The summed E-state index contributed by atoms with van der Waals surface area (Å²) in [5.41, 5.74) is 10.7.